The molecule has 1 unspecified atom stereocenters. The van der Waals surface area contributed by atoms with E-state index in [9.17, 15) is 9.59 Å². The van der Waals surface area contributed by atoms with Crippen molar-refractivity contribution in [3.8, 4) is 0 Å². The molecule has 0 amide bonds. The highest BCUT2D eigenvalue weighted by atomic mass is 16.4. The first-order chi connectivity index (χ1) is 7.61. The van der Waals surface area contributed by atoms with E-state index in [1.54, 1.807) is 12.3 Å². The van der Waals surface area contributed by atoms with Crippen LogP contribution in [-0.2, 0) is 4.79 Å². The number of hydrogen-bond donors (Lipinski definition) is 2. The molecule has 0 bridgehead atoms. The van der Waals surface area contributed by atoms with Crippen LogP contribution in [0.25, 0.3) is 10.9 Å². The molecular weight excluding hydrogens is 206 g/mol. The molecule has 0 spiro atoms. The minimum Gasteiger partial charge on any atom is -0.481 e. The van der Waals surface area contributed by atoms with E-state index in [0.717, 1.165) is 10.9 Å². The number of carbonyl (C=O) groups excluding carboxylic acids is 1. The number of carboxylic acids is 1. The molecule has 0 saturated carbocycles. The lowest BCUT2D eigenvalue weighted by molar-refractivity contribution is -0.139. The monoisotopic (exact) mass is 217 g/mol. The Morgan fingerprint density at radius 1 is 1.31 bits per heavy atom. The molecule has 1 aromatic heterocycles. The number of H-pyrrole nitrogens is 1. The number of para-hydroxylation sites is 1. The summed E-state index contributed by atoms with van der Waals surface area (Å²) in [5.41, 5.74) is 1.27. The topological polar surface area (TPSA) is 70.2 Å². The van der Waals surface area contributed by atoms with Crippen LogP contribution in [0.15, 0.2) is 30.5 Å². The molecule has 1 heterocycles. The number of aliphatic carboxylic acids is 1. The number of nitrogens with one attached hydrogen (secondary N) is 1. The smallest absolute Gasteiger partial charge is 0.314 e. The zero-order valence-electron chi connectivity index (χ0n) is 8.73. The molecule has 0 saturated heterocycles. The quantitative estimate of drug-likeness (QED) is 0.610. The second-order valence-electron chi connectivity index (χ2n) is 3.67. The molecule has 0 radical (unpaired) electrons. The van der Waals surface area contributed by atoms with Gasteiger partial charge >= 0.3 is 5.97 Å². The van der Waals surface area contributed by atoms with E-state index in [1.165, 1.54) is 6.92 Å². The molecule has 0 aliphatic carbocycles. The highest BCUT2D eigenvalue weighted by molar-refractivity contribution is 6.14. The van der Waals surface area contributed by atoms with Gasteiger partial charge in [0.2, 0.25) is 0 Å². The second-order valence-corrected chi connectivity index (χ2v) is 3.67. The van der Waals surface area contributed by atoms with Gasteiger partial charge in [-0.05, 0) is 13.0 Å². The molecule has 0 fully saturated rings. The summed E-state index contributed by atoms with van der Waals surface area (Å²) in [5, 5.41) is 9.56. The number of aromatic amines is 1. The van der Waals surface area contributed by atoms with Crippen molar-refractivity contribution < 1.29 is 14.7 Å². The first-order valence-electron chi connectivity index (χ1n) is 4.94. The van der Waals surface area contributed by atoms with Crippen LogP contribution in [0.2, 0.25) is 0 Å². The van der Waals surface area contributed by atoms with Crippen LogP contribution in [0.5, 0.6) is 0 Å². The second kappa shape index (κ2) is 3.81. The van der Waals surface area contributed by atoms with Gasteiger partial charge in [0.25, 0.3) is 0 Å². The average Bonchev–Trinajstić information content (AvgIpc) is 2.70. The van der Waals surface area contributed by atoms with Crippen LogP contribution < -0.4 is 0 Å². The minimum absolute atomic E-state index is 0.370. The summed E-state index contributed by atoms with van der Waals surface area (Å²) >= 11 is 0. The number of benzene rings is 1. The highest BCUT2D eigenvalue weighted by Gasteiger charge is 2.24. The van der Waals surface area contributed by atoms with Crippen molar-refractivity contribution in [2.24, 2.45) is 5.92 Å². The Hall–Kier alpha value is -2.10. The maximum atomic E-state index is 11.9. The fourth-order valence-electron chi connectivity index (χ4n) is 1.62. The Bertz CT molecular complexity index is 556. The molecule has 4 nitrogen and oxygen atoms in total. The first-order valence-corrected chi connectivity index (χ1v) is 4.94. The maximum absolute atomic E-state index is 11.9. The Kier molecular flexibility index (Phi) is 2.48. The average molecular weight is 217 g/mol. The molecule has 1 atom stereocenters. The van der Waals surface area contributed by atoms with Crippen molar-refractivity contribution in [3.05, 3.63) is 36.0 Å². The van der Waals surface area contributed by atoms with E-state index in [0.29, 0.717) is 5.56 Å². The summed E-state index contributed by atoms with van der Waals surface area (Å²) in [6, 6.07) is 7.32. The summed E-state index contributed by atoms with van der Waals surface area (Å²) < 4.78 is 0. The molecule has 2 N–H and O–H groups in total. The van der Waals surface area contributed by atoms with E-state index in [1.807, 2.05) is 18.2 Å². The van der Waals surface area contributed by atoms with E-state index in [4.69, 9.17) is 5.11 Å². The lowest BCUT2D eigenvalue weighted by Gasteiger charge is -2.03. The van der Waals surface area contributed by atoms with Crippen LogP contribution in [0, 0.1) is 5.92 Å². The summed E-state index contributed by atoms with van der Waals surface area (Å²) in [5.74, 6) is -2.49. The van der Waals surface area contributed by atoms with Crippen molar-refractivity contribution in [1.82, 2.24) is 4.98 Å². The van der Waals surface area contributed by atoms with Gasteiger partial charge in [0.05, 0.1) is 0 Å². The summed E-state index contributed by atoms with van der Waals surface area (Å²) in [6.45, 7) is 1.40. The van der Waals surface area contributed by atoms with Crippen LogP contribution >= 0.6 is 0 Å². The van der Waals surface area contributed by atoms with Crippen LogP contribution in [0.1, 0.15) is 17.3 Å². The lowest BCUT2D eigenvalue weighted by Crippen LogP contribution is -2.20. The summed E-state index contributed by atoms with van der Waals surface area (Å²) in [7, 11) is 0. The lowest BCUT2D eigenvalue weighted by atomic mass is 9.99. The van der Waals surface area contributed by atoms with Gasteiger partial charge in [0.15, 0.2) is 5.78 Å². The standard InChI is InChI=1S/C12H11NO3/c1-7(12(15)16)11(14)9-6-13-10-5-3-2-4-8(9)10/h2-7,13H,1H3,(H,15,16). The number of aromatic nitrogens is 1. The van der Waals surface area contributed by atoms with Gasteiger partial charge in [-0.3, -0.25) is 9.59 Å². The van der Waals surface area contributed by atoms with Gasteiger partial charge in [-0.2, -0.15) is 0 Å². The predicted octanol–water partition coefficient (Wildman–Crippen LogP) is 2.07. The molecule has 2 aromatic rings. The predicted molar refractivity (Wildman–Crippen MR) is 59.4 cm³/mol. The van der Waals surface area contributed by atoms with Crippen LogP contribution in [0.3, 0.4) is 0 Å². The van der Waals surface area contributed by atoms with Crippen LogP contribution in [0.4, 0.5) is 0 Å². The highest BCUT2D eigenvalue weighted by Crippen LogP contribution is 2.20. The number of carboxylic acid groups (broad SMARTS) is 1. The van der Waals surface area contributed by atoms with E-state index < -0.39 is 11.9 Å². The zero-order chi connectivity index (χ0) is 11.7. The summed E-state index contributed by atoms with van der Waals surface area (Å²) in [4.78, 5) is 25.6. The molecule has 16 heavy (non-hydrogen) atoms. The fourth-order valence-corrected chi connectivity index (χ4v) is 1.62. The van der Waals surface area contributed by atoms with Crippen molar-refractivity contribution in [2.75, 3.05) is 0 Å². The molecule has 82 valence electrons. The number of hydrogen-bond acceptors (Lipinski definition) is 2. The molecule has 0 aliphatic heterocycles. The number of carbonyl (C=O) groups is 2. The van der Waals surface area contributed by atoms with Crippen molar-refractivity contribution in [3.63, 3.8) is 0 Å². The third-order valence-corrected chi connectivity index (χ3v) is 2.62. The Morgan fingerprint density at radius 2 is 2.00 bits per heavy atom. The third-order valence-electron chi connectivity index (χ3n) is 2.62. The van der Waals surface area contributed by atoms with Crippen molar-refractivity contribution in [1.29, 1.82) is 0 Å². The third kappa shape index (κ3) is 1.58. The number of fused-ring (bicyclic) bond motifs is 1. The van der Waals surface area contributed by atoms with E-state index >= 15 is 0 Å². The van der Waals surface area contributed by atoms with E-state index in [-0.39, 0.29) is 5.78 Å². The first kappa shape index (κ1) is 10.4. The van der Waals surface area contributed by atoms with Gasteiger partial charge in [0, 0.05) is 22.7 Å². The van der Waals surface area contributed by atoms with Gasteiger partial charge < -0.3 is 10.1 Å². The SMILES string of the molecule is CC(C(=O)O)C(=O)c1c[nH]c2ccccc12. The van der Waals surface area contributed by atoms with Gasteiger partial charge in [-0.15, -0.1) is 0 Å². The normalized spacial score (nSPS) is 12.6. The minimum atomic E-state index is -1.10. The van der Waals surface area contributed by atoms with Gasteiger partial charge in [-0.25, -0.2) is 0 Å². The zero-order valence-corrected chi connectivity index (χ0v) is 8.73. The Labute approximate surface area is 91.9 Å². The number of rotatable bonds is 3. The largest absolute Gasteiger partial charge is 0.481 e. The van der Waals surface area contributed by atoms with Crippen molar-refractivity contribution in [2.45, 2.75) is 6.92 Å². The van der Waals surface area contributed by atoms with Gasteiger partial charge in [-0.1, -0.05) is 18.2 Å². The molecular formula is C12H11NO3. The maximum Gasteiger partial charge on any atom is 0.314 e. The molecule has 4 heteroatoms. The Morgan fingerprint density at radius 3 is 2.69 bits per heavy atom. The fraction of sp³-hybridized carbons (Fsp3) is 0.167. The number of ketones is 1. The molecule has 0 aliphatic rings. The van der Waals surface area contributed by atoms with E-state index in [2.05, 4.69) is 4.98 Å². The van der Waals surface area contributed by atoms with Crippen molar-refractivity contribution >= 4 is 22.7 Å². The van der Waals surface area contributed by atoms with Gasteiger partial charge in [0.1, 0.15) is 5.92 Å². The molecule has 1 aromatic carbocycles. The molecule has 2 rings (SSSR count). The van der Waals surface area contributed by atoms with Crippen LogP contribution in [-0.4, -0.2) is 21.8 Å². The Balaban J connectivity index is 2.48. The number of Topliss-reactive ketones (excluding diaryl/α,β-unsaturated/α-hetero) is 1. The summed E-state index contributed by atoms with van der Waals surface area (Å²) in [6.07, 6.45) is 1.56.